The van der Waals surface area contributed by atoms with Crippen molar-refractivity contribution in [2.75, 3.05) is 39.5 Å². The van der Waals surface area contributed by atoms with E-state index in [1.807, 2.05) is 0 Å². The van der Waals surface area contributed by atoms with Gasteiger partial charge in [-0.3, -0.25) is 111 Å². The third-order valence-corrected chi connectivity index (χ3v) is 22.4. The van der Waals surface area contributed by atoms with E-state index in [-0.39, 0.29) is 75.8 Å². The molecule has 1 rings (SSSR count). The van der Waals surface area contributed by atoms with Gasteiger partial charge >= 0.3 is 11.9 Å². The number of amides is 21. The zero-order chi connectivity index (χ0) is 109. The Morgan fingerprint density at radius 1 is 0.373 bits per heavy atom. The van der Waals surface area contributed by atoms with Crippen LogP contribution in [-0.4, -0.2) is 349 Å². The maximum Gasteiger partial charge on any atom is 0.328 e. The van der Waals surface area contributed by atoms with Crippen LogP contribution in [0.25, 0.3) is 0 Å². The summed E-state index contributed by atoms with van der Waals surface area (Å²) in [4.78, 5) is 311. The lowest BCUT2D eigenvalue weighted by Gasteiger charge is -2.31. The zero-order valence-electron chi connectivity index (χ0n) is 83.3. The molecule has 0 aliphatic carbocycles. The van der Waals surface area contributed by atoms with Crippen molar-refractivity contribution < 1.29 is 146 Å². The molecular weight excluding hydrogens is 1880 g/mol. The molecule has 22 atom stereocenters. The number of aliphatic carboxylic acids is 2. The quantitative estimate of drug-likeness (QED) is 0.0153. The van der Waals surface area contributed by atoms with Crippen LogP contribution in [0.3, 0.4) is 0 Å². The number of guanidine groups is 1. The molecule has 1 aliphatic heterocycles. The zero-order valence-corrected chi connectivity index (χ0v) is 83.3. The highest BCUT2D eigenvalue weighted by Crippen LogP contribution is 2.21. The summed E-state index contributed by atoms with van der Waals surface area (Å²) in [5.74, 6) is -28.2. The third kappa shape index (κ3) is 45.2. The smallest absolute Gasteiger partial charge is 0.328 e. The molecule has 0 saturated carbocycles. The molecule has 21 amide bonds. The summed E-state index contributed by atoms with van der Waals surface area (Å²) in [5.41, 5.74) is 21.9. The predicted octanol–water partition coefficient (Wildman–Crippen LogP) is -11.7. The number of carbonyl (C=O) groups excluding carboxylic acids is 21. The van der Waals surface area contributed by atoms with Crippen LogP contribution in [0.15, 0.2) is 0 Å². The largest absolute Gasteiger partial charge is 0.481 e. The van der Waals surface area contributed by atoms with Gasteiger partial charge in [0.05, 0.1) is 51.0 Å². The number of nitrogens with one attached hydrogen (secondary N) is 20. The molecule has 142 heavy (non-hydrogen) atoms. The first-order chi connectivity index (χ1) is 66.1. The first kappa shape index (κ1) is 127. The maximum atomic E-state index is 14.3. The van der Waals surface area contributed by atoms with Crippen LogP contribution in [0.1, 0.15) is 201 Å². The van der Waals surface area contributed by atoms with E-state index in [1.54, 1.807) is 69.2 Å². The summed E-state index contributed by atoms with van der Waals surface area (Å²) < 4.78 is 0. The van der Waals surface area contributed by atoms with Crippen molar-refractivity contribution in [2.45, 2.75) is 328 Å². The highest BCUT2D eigenvalue weighted by Gasteiger charge is 2.44. The molecule has 0 radical (unpaired) electrons. The number of likely N-dealkylation sites (tertiary alicyclic amines) is 1. The average molecular weight is 2030 g/mol. The van der Waals surface area contributed by atoms with Crippen molar-refractivity contribution in [3.8, 4) is 0 Å². The number of aliphatic hydroxyl groups excluding tert-OH is 5. The minimum atomic E-state index is -1.92. The van der Waals surface area contributed by atoms with Crippen LogP contribution in [0.4, 0.5) is 0 Å². The van der Waals surface area contributed by atoms with Crippen LogP contribution in [0.5, 0.6) is 0 Å². The van der Waals surface area contributed by atoms with Gasteiger partial charge in [-0.25, -0.2) is 4.79 Å². The Bertz CT molecular complexity index is 4370. The van der Waals surface area contributed by atoms with Gasteiger partial charge in [-0.15, -0.1) is 0 Å². The van der Waals surface area contributed by atoms with E-state index < -0.39 is 345 Å². The van der Waals surface area contributed by atoms with Crippen molar-refractivity contribution in [1.29, 1.82) is 5.41 Å². The number of hydrogen-bond acceptors (Lipinski definition) is 30. The predicted molar refractivity (Wildman–Crippen MR) is 504 cm³/mol. The van der Waals surface area contributed by atoms with Crippen molar-refractivity contribution >= 4 is 142 Å². The molecule has 55 heteroatoms. The van der Waals surface area contributed by atoms with E-state index in [4.69, 9.17) is 33.5 Å². The third-order valence-electron chi connectivity index (χ3n) is 22.4. The standard InChI is InChI=1S/C87H151N25O30/c1-18-42(12)65(109-71(126)48(88)32-62(121)122)83(138)108-64(41(10)11)81(136)103-54(31-39(6)7)77(132)110-66(46(16)116)84(139)100-51(24-26-60(90)119)75(130)106-57(36-115)85(140)112-28-20-22-58(112)80(135)97-43(13)68(123)104-55(34-113)78(133)102-53(30-38(4)5)76(131)96-44(14)69(124)107-63(40(8)9)82(137)105-56(35-114)79(134)101-52(29-37(2)3)72(127)94-33-61(120)98-50(23-25-59(89)118)74(129)99-49(21-19-27-93-87(91)92)73(128)95-45(15)70(125)111-67(47(17)117)86(141)142/h37-58,63-67,113-117H,18-36,88H2,1-17H3,(H2,89,118)(H2,90,119)(H,94,127)(H,95,128)(H,96,131)(H,97,135)(H,98,120)(H,99,129)(H,100,139)(H,101,134)(H,102,133)(H,103,136)(H,104,123)(H,105,137)(H,106,130)(H,107,124)(H,108,138)(H,109,126)(H,110,132)(H,111,125)(H,121,122)(H,141,142)(H4,91,92,93)/t42-,43-,44-,45-,46+,47+,48-,49-,50-,51-,52-,53-,54-,55-,56-,57-,58-,63-,64-,65-,66-,67-/m0/s1. The molecule has 55 nitrogen and oxygen atoms in total. The second-order valence-corrected chi connectivity index (χ2v) is 37.0. The molecule has 0 bridgehead atoms. The van der Waals surface area contributed by atoms with E-state index in [1.165, 1.54) is 34.6 Å². The number of aliphatic hydroxyl groups is 5. The summed E-state index contributed by atoms with van der Waals surface area (Å²) in [5, 5.41) is 124. The highest BCUT2D eigenvalue weighted by molar-refractivity contribution is 6.03. The van der Waals surface area contributed by atoms with Crippen LogP contribution in [0, 0.1) is 40.9 Å². The van der Waals surface area contributed by atoms with E-state index in [0.29, 0.717) is 6.42 Å². The Morgan fingerprint density at radius 3 is 1.13 bits per heavy atom. The fourth-order valence-electron chi connectivity index (χ4n) is 14.1. The number of rotatable bonds is 65. The number of carbonyl (C=O) groups is 23. The lowest BCUT2D eigenvalue weighted by molar-refractivity contribution is -0.145. The molecule has 1 saturated heterocycles. The van der Waals surface area contributed by atoms with E-state index in [9.17, 15) is 141 Å². The van der Waals surface area contributed by atoms with Crippen LogP contribution in [0.2, 0.25) is 0 Å². The number of carboxylic acids is 2. The lowest BCUT2D eigenvalue weighted by Crippen LogP contribution is -2.63. The lowest BCUT2D eigenvalue weighted by atomic mass is 9.95. The van der Waals surface area contributed by atoms with E-state index in [2.05, 4.69) is 101 Å². The summed E-state index contributed by atoms with van der Waals surface area (Å²) >= 11 is 0. The topological polar surface area (TPSA) is 894 Å². The highest BCUT2D eigenvalue weighted by atomic mass is 16.4. The number of primary amides is 2. The minimum absolute atomic E-state index is 0.000453. The number of carboxylic acid groups (broad SMARTS) is 2. The molecule has 35 N–H and O–H groups in total. The molecule has 0 aromatic carbocycles. The second-order valence-electron chi connectivity index (χ2n) is 37.0. The normalized spacial score (nSPS) is 16.8. The SMILES string of the molecule is CC[C@H](C)[C@H](NC(=O)[C@@H](N)CC(=O)O)C(=O)N[C@H](C(=O)N[C@@H](CC(C)C)C(=O)N[C@H](C(=O)N[C@@H](CCC(N)=O)C(=O)N[C@@H](CO)C(=O)N1CCC[C@H]1C(=O)N[C@@H](C)C(=O)N[C@@H](CO)C(=O)N[C@@H](CC(C)C)C(=O)N[C@@H](C)C(=O)N[C@H](C(=O)N[C@@H](CO)C(=O)N[C@@H](CC(C)C)C(=O)NCC(=O)N[C@@H](CCC(N)=O)C(=O)N[C@@H](CCCNC(=N)N)C(=O)N[C@@H](C)C(=O)N[C@H](C(=O)O)[C@@H](C)O)C(C)C)[C@@H](C)O)C(C)C. The Labute approximate surface area is 822 Å². The molecule has 1 fully saturated rings. The van der Waals surface area contributed by atoms with E-state index in [0.717, 1.165) is 18.7 Å². The van der Waals surface area contributed by atoms with Gasteiger partial charge in [0.25, 0.3) is 0 Å². The number of nitrogens with zero attached hydrogens (tertiary/aromatic N) is 1. The Hall–Kier alpha value is -13.2. The summed E-state index contributed by atoms with van der Waals surface area (Å²) in [6.07, 6.45) is -6.29. The fraction of sp³-hybridized carbons (Fsp3) is 0.724. The van der Waals surface area contributed by atoms with Crippen molar-refractivity contribution in [3.05, 3.63) is 0 Å². The van der Waals surface area contributed by atoms with Gasteiger partial charge in [0.1, 0.15) is 103 Å². The van der Waals surface area contributed by atoms with Crippen LogP contribution < -0.4 is 124 Å². The Morgan fingerprint density at radius 2 is 0.711 bits per heavy atom. The summed E-state index contributed by atoms with van der Waals surface area (Å²) in [6.45, 7) is 20.8. The number of nitrogens with two attached hydrogens (primary N) is 4. The molecular formula is C87H151N25O30. The Balaban J connectivity index is 3.30. The minimum Gasteiger partial charge on any atom is -0.481 e. The van der Waals surface area contributed by atoms with Crippen molar-refractivity contribution in [1.82, 2.24) is 106 Å². The van der Waals surface area contributed by atoms with Crippen molar-refractivity contribution in [2.24, 2.45) is 58.4 Å². The molecule has 0 aromatic rings. The average Bonchev–Trinajstić information content (AvgIpc) is 1.67. The fourth-order valence-corrected chi connectivity index (χ4v) is 14.1. The summed E-state index contributed by atoms with van der Waals surface area (Å²) in [6, 6.07) is -30.3. The first-order valence-electron chi connectivity index (χ1n) is 46.9. The van der Waals surface area contributed by atoms with Crippen LogP contribution in [-0.2, 0) is 110 Å². The van der Waals surface area contributed by atoms with Crippen molar-refractivity contribution in [3.63, 3.8) is 0 Å². The molecule has 1 aliphatic rings. The Kier molecular flexibility index (Phi) is 56.2. The molecule has 1 heterocycles. The van der Waals surface area contributed by atoms with Gasteiger partial charge in [-0.05, 0) is 128 Å². The van der Waals surface area contributed by atoms with Gasteiger partial charge in [-0.1, -0.05) is 89.5 Å². The van der Waals surface area contributed by atoms with Gasteiger partial charge in [0, 0.05) is 25.9 Å². The molecule has 0 unspecified atom stereocenters. The molecule has 0 spiro atoms. The number of hydrogen-bond donors (Lipinski definition) is 31. The van der Waals surface area contributed by atoms with Gasteiger partial charge < -0.3 is 165 Å². The monoisotopic (exact) mass is 2030 g/mol. The molecule has 804 valence electrons. The first-order valence-corrected chi connectivity index (χ1v) is 46.9. The van der Waals surface area contributed by atoms with Gasteiger partial charge in [0.2, 0.25) is 124 Å². The van der Waals surface area contributed by atoms with Gasteiger partial charge in [-0.2, -0.15) is 0 Å². The van der Waals surface area contributed by atoms with Crippen LogP contribution >= 0.6 is 0 Å². The van der Waals surface area contributed by atoms with Gasteiger partial charge in [0.15, 0.2) is 12.0 Å². The molecule has 0 aromatic heterocycles. The van der Waals surface area contributed by atoms with E-state index >= 15 is 0 Å². The maximum absolute atomic E-state index is 14.3. The summed E-state index contributed by atoms with van der Waals surface area (Å²) in [7, 11) is 0. The second kappa shape index (κ2) is 62.9.